The SMILES string of the molecule is CCc1ccc(C(c2ccc(CC)o2)c2cc(OC)c(OC)cc2N([O-])O)o1. The van der Waals surface area contributed by atoms with Crippen LogP contribution in [0, 0.1) is 5.21 Å². The molecule has 2 aromatic heterocycles. The van der Waals surface area contributed by atoms with Gasteiger partial charge in [-0.2, -0.15) is 0 Å². The summed E-state index contributed by atoms with van der Waals surface area (Å²) in [5.74, 6) is 3.04. The molecule has 1 N–H and O–H groups in total. The first-order valence-corrected chi connectivity index (χ1v) is 9.11. The minimum Gasteiger partial charge on any atom is -0.733 e. The number of aryl methyl sites for hydroxylation is 2. The quantitative estimate of drug-likeness (QED) is 0.551. The first-order valence-electron chi connectivity index (χ1n) is 9.11. The summed E-state index contributed by atoms with van der Waals surface area (Å²) in [7, 11) is 2.97. The molecule has 150 valence electrons. The second-order valence-electron chi connectivity index (χ2n) is 6.29. The number of nitrogens with zero attached hydrogens (tertiary/aromatic N) is 1. The maximum Gasteiger partial charge on any atom is 0.162 e. The molecule has 0 bridgehead atoms. The van der Waals surface area contributed by atoms with Gasteiger partial charge in [0.1, 0.15) is 29.0 Å². The fourth-order valence-corrected chi connectivity index (χ4v) is 3.21. The molecule has 0 saturated heterocycles. The third-order valence-electron chi connectivity index (χ3n) is 4.68. The van der Waals surface area contributed by atoms with E-state index in [1.807, 2.05) is 38.1 Å². The standard InChI is InChI=1S/C21H24NO6/c1-5-13-7-9-17(27-13)21(18-10-8-14(6-2)28-18)15-11-19(25-3)20(26-4)12-16(15)22(23)24/h7-12,21,23H,5-6H2,1-4H3/q-1. The minimum atomic E-state index is -0.543. The van der Waals surface area contributed by atoms with E-state index < -0.39 is 5.92 Å². The molecule has 1 aromatic carbocycles. The molecule has 0 unspecified atom stereocenters. The monoisotopic (exact) mass is 386 g/mol. The molecule has 28 heavy (non-hydrogen) atoms. The summed E-state index contributed by atoms with van der Waals surface area (Å²) in [6.45, 7) is 3.99. The van der Waals surface area contributed by atoms with Crippen molar-refractivity contribution >= 4 is 5.69 Å². The van der Waals surface area contributed by atoms with E-state index in [1.165, 1.54) is 20.3 Å². The lowest BCUT2D eigenvalue weighted by Gasteiger charge is -2.28. The number of rotatable bonds is 8. The highest BCUT2D eigenvalue weighted by Crippen LogP contribution is 2.43. The van der Waals surface area contributed by atoms with Crippen LogP contribution in [-0.2, 0) is 12.8 Å². The van der Waals surface area contributed by atoms with E-state index in [4.69, 9.17) is 18.3 Å². The zero-order valence-electron chi connectivity index (χ0n) is 16.4. The highest BCUT2D eigenvalue weighted by Gasteiger charge is 2.28. The average molecular weight is 386 g/mol. The Morgan fingerprint density at radius 3 is 1.82 bits per heavy atom. The van der Waals surface area contributed by atoms with Crippen LogP contribution in [0.25, 0.3) is 0 Å². The van der Waals surface area contributed by atoms with Gasteiger partial charge in [0.05, 0.1) is 19.9 Å². The van der Waals surface area contributed by atoms with E-state index in [1.54, 1.807) is 6.07 Å². The predicted molar refractivity (Wildman–Crippen MR) is 104 cm³/mol. The summed E-state index contributed by atoms with van der Waals surface area (Å²) in [6.07, 6.45) is 1.47. The van der Waals surface area contributed by atoms with Gasteiger partial charge in [0, 0.05) is 18.9 Å². The smallest absolute Gasteiger partial charge is 0.162 e. The van der Waals surface area contributed by atoms with E-state index in [9.17, 15) is 10.4 Å². The van der Waals surface area contributed by atoms with E-state index in [0.29, 0.717) is 28.6 Å². The second kappa shape index (κ2) is 8.41. The number of hydrogen-bond acceptors (Lipinski definition) is 7. The summed E-state index contributed by atoms with van der Waals surface area (Å²) >= 11 is 0. The zero-order valence-corrected chi connectivity index (χ0v) is 16.4. The van der Waals surface area contributed by atoms with Crippen LogP contribution in [0.3, 0.4) is 0 Å². The topological polar surface area (TPSA) is 91.3 Å². The van der Waals surface area contributed by atoms with Crippen LogP contribution in [0.4, 0.5) is 5.69 Å². The molecule has 3 aromatic rings. The Balaban J connectivity index is 2.24. The molecular weight excluding hydrogens is 362 g/mol. The normalized spacial score (nSPS) is 11.1. The first kappa shape index (κ1) is 19.9. The molecule has 0 spiro atoms. The third-order valence-corrected chi connectivity index (χ3v) is 4.68. The van der Waals surface area contributed by atoms with Crippen LogP contribution in [0.5, 0.6) is 11.5 Å². The van der Waals surface area contributed by atoms with Gasteiger partial charge < -0.3 is 28.7 Å². The summed E-state index contributed by atoms with van der Waals surface area (Å²) in [6, 6.07) is 10.6. The van der Waals surface area contributed by atoms with Gasteiger partial charge >= 0.3 is 0 Å². The molecular formula is C21H24NO6-. The summed E-state index contributed by atoms with van der Waals surface area (Å²) in [5, 5.41) is 21.5. The van der Waals surface area contributed by atoms with Gasteiger partial charge in [-0.1, -0.05) is 13.8 Å². The molecule has 0 aliphatic rings. The predicted octanol–water partition coefficient (Wildman–Crippen LogP) is 4.89. The van der Waals surface area contributed by atoms with Crippen molar-refractivity contribution in [3.8, 4) is 11.5 Å². The number of furan rings is 2. The maximum atomic E-state index is 11.9. The Kier molecular flexibility index (Phi) is 5.96. The summed E-state index contributed by atoms with van der Waals surface area (Å²) in [4.78, 5) is 0. The number of benzene rings is 1. The van der Waals surface area contributed by atoms with Gasteiger partial charge in [-0.15, -0.1) is 0 Å². The Labute approximate surface area is 163 Å². The van der Waals surface area contributed by atoms with Crippen molar-refractivity contribution in [1.29, 1.82) is 0 Å². The van der Waals surface area contributed by atoms with Crippen LogP contribution in [0.15, 0.2) is 45.2 Å². The molecule has 0 amide bonds. The van der Waals surface area contributed by atoms with Crippen molar-refractivity contribution in [2.24, 2.45) is 0 Å². The molecule has 3 rings (SSSR count). The van der Waals surface area contributed by atoms with Crippen molar-refractivity contribution < 1.29 is 23.5 Å². The van der Waals surface area contributed by atoms with Gasteiger partial charge in [0.25, 0.3) is 0 Å². The van der Waals surface area contributed by atoms with E-state index in [-0.39, 0.29) is 10.9 Å². The number of methoxy groups -OCH3 is 2. The van der Waals surface area contributed by atoms with Gasteiger partial charge in [-0.25, -0.2) is 0 Å². The molecule has 2 heterocycles. The lowest BCUT2D eigenvalue weighted by Crippen LogP contribution is -2.14. The van der Waals surface area contributed by atoms with Crippen molar-refractivity contribution in [3.63, 3.8) is 0 Å². The molecule has 0 aliphatic carbocycles. The lowest BCUT2D eigenvalue weighted by molar-refractivity contribution is 0.293. The van der Waals surface area contributed by atoms with Crippen LogP contribution < -0.4 is 14.7 Å². The Bertz CT molecular complexity index is 885. The average Bonchev–Trinajstić information content (AvgIpc) is 3.37. The number of ether oxygens (including phenoxy) is 2. The Morgan fingerprint density at radius 1 is 0.929 bits per heavy atom. The van der Waals surface area contributed by atoms with Crippen LogP contribution >= 0.6 is 0 Å². The van der Waals surface area contributed by atoms with E-state index in [2.05, 4.69) is 0 Å². The summed E-state index contributed by atoms with van der Waals surface area (Å²) < 4.78 is 22.6. The van der Waals surface area contributed by atoms with Crippen molar-refractivity contribution in [1.82, 2.24) is 0 Å². The van der Waals surface area contributed by atoms with Crippen LogP contribution in [0.1, 0.15) is 48.4 Å². The minimum absolute atomic E-state index is 0.0200. The fraction of sp³-hybridized carbons (Fsp3) is 0.333. The largest absolute Gasteiger partial charge is 0.733 e. The second-order valence-corrected chi connectivity index (χ2v) is 6.29. The summed E-state index contributed by atoms with van der Waals surface area (Å²) in [5.41, 5.74) is 0.496. The molecule has 0 atom stereocenters. The maximum absolute atomic E-state index is 11.9. The Morgan fingerprint density at radius 2 is 1.43 bits per heavy atom. The molecule has 0 radical (unpaired) electrons. The number of hydrogen-bond donors (Lipinski definition) is 1. The molecule has 7 nitrogen and oxygen atoms in total. The van der Waals surface area contributed by atoms with Crippen molar-refractivity contribution in [3.05, 3.63) is 70.2 Å². The molecule has 0 fully saturated rings. The lowest BCUT2D eigenvalue weighted by atomic mass is 9.92. The molecule has 7 heteroatoms. The van der Waals surface area contributed by atoms with Crippen molar-refractivity contribution in [2.75, 3.05) is 19.4 Å². The van der Waals surface area contributed by atoms with Gasteiger partial charge in [0.15, 0.2) is 11.5 Å². The molecule has 0 aliphatic heterocycles. The van der Waals surface area contributed by atoms with E-state index in [0.717, 1.165) is 24.4 Å². The van der Waals surface area contributed by atoms with Gasteiger partial charge in [-0.3, -0.25) is 5.21 Å². The van der Waals surface area contributed by atoms with Crippen LogP contribution in [-0.4, -0.2) is 19.4 Å². The van der Waals surface area contributed by atoms with E-state index >= 15 is 0 Å². The number of anilines is 1. The highest BCUT2D eigenvalue weighted by atomic mass is 16.8. The first-order chi connectivity index (χ1) is 13.5. The van der Waals surface area contributed by atoms with Crippen LogP contribution in [0.2, 0.25) is 0 Å². The molecule has 0 saturated carbocycles. The van der Waals surface area contributed by atoms with Gasteiger partial charge in [-0.05, 0) is 35.9 Å². The van der Waals surface area contributed by atoms with Gasteiger partial charge in [0.2, 0.25) is 0 Å². The zero-order chi connectivity index (χ0) is 20.3. The van der Waals surface area contributed by atoms with Crippen molar-refractivity contribution in [2.45, 2.75) is 32.6 Å². The Hall–Kier alpha value is -2.90. The fourth-order valence-electron chi connectivity index (χ4n) is 3.21. The highest BCUT2D eigenvalue weighted by molar-refractivity contribution is 5.64. The third kappa shape index (κ3) is 3.72.